The highest BCUT2D eigenvalue weighted by atomic mass is 32.2. The van der Waals surface area contributed by atoms with Gasteiger partial charge in [0.2, 0.25) is 10.0 Å². The number of carbonyl (C=O) groups excluding carboxylic acids is 2. The first-order valence-electron chi connectivity index (χ1n) is 10.5. The number of ether oxygens (including phenoxy) is 1. The molecule has 0 bridgehead atoms. The zero-order valence-electron chi connectivity index (χ0n) is 19.0. The first-order chi connectivity index (χ1) is 16.0. The van der Waals surface area contributed by atoms with Gasteiger partial charge < -0.3 is 14.6 Å². The highest BCUT2D eigenvalue weighted by Gasteiger charge is 2.22. The zero-order valence-corrected chi connectivity index (χ0v) is 19.9. The van der Waals surface area contributed by atoms with E-state index in [2.05, 4.69) is 5.32 Å². The average Bonchev–Trinajstić information content (AvgIpc) is 3.06. The van der Waals surface area contributed by atoms with Gasteiger partial charge in [-0.25, -0.2) is 22.7 Å². The fraction of sp³-hybridized carbons (Fsp3) is 0.250. The molecule has 0 aliphatic heterocycles. The van der Waals surface area contributed by atoms with E-state index in [4.69, 9.17) is 9.88 Å². The van der Waals surface area contributed by atoms with Gasteiger partial charge in [0.05, 0.1) is 10.5 Å². The number of nitrogens with one attached hydrogen (secondary N) is 1. The van der Waals surface area contributed by atoms with Crippen LogP contribution in [0, 0.1) is 19.7 Å². The highest BCUT2D eigenvalue weighted by Crippen LogP contribution is 2.19. The van der Waals surface area contributed by atoms with Gasteiger partial charge >= 0.3 is 5.97 Å². The van der Waals surface area contributed by atoms with E-state index in [0.717, 1.165) is 11.3 Å². The molecule has 3 N–H and O–H groups in total. The van der Waals surface area contributed by atoms with Crippen molar-refractivity contribution in [3.8, 4) is 0 Å². The van der Waals surface area contributed by atoms with Crippen LogP contribution in [0.3, 0.4) is 0 Å². The molecule has 1 atom stereocenters. The minimum Gasteiger partial charge on any atom is -0.449 e. The number of primary sulfonamides is 1. The van der Waals surface area contributed by atoms with Crippen molar-refractivity contribution in [3.63, 3.8) is 0 Å². The molecule has 0 saturated heterocycles. The van der Waals surface area contributed by atoms with Crippen molar-refractivity contribution in [2.75, 3.05) is 0 Å². The number of aromatic nitrogens is 1. The number of nitrogens with zero attached hydrogens (tertiary/aromatic N) is 1. The highest BCUT2D eigenvalue weighted by molar-refractivity contribution is 7.89. The number of benzene rings is 2. The average molecular weight is 488 g/mol. The van der Waals surface area contributed by atoms with E-state index in [0.29, 0.717) is 23.4 Å². The van der Waals surface area contributed by atoms with Gasteiger partial charge in [0.25, 0.3) is 5.91 Å². The molecule has 1 heterocycles. The van der Waals surface area contributed by atoms with E-state index in [9.17, 15) is 22.4 Å². The van der Waals surface area contributed by atoms with Crippen LogP contribution in [0.4, 0.5) is 4.39 Å². The van der Waals surface area contributed by atoms with Gasteiger partial charge in [-0.15, -0.1) is 0 Å². The van der Waals surface area contributed by atoms with Gasteiger partial charge in [0.1, 0.15) is 5.82 Å². The monoisotopic (exact) mass is 487 g/mol. The molecule has 34 heavy (non-hydrogen) atoms. The Labute approximate surface area is 197 Å². The smallest absolute Gasteiger partial charge is 0.340 e. The van der Waals surface area contributed by atoms with Crippen LogP contribution in [0.5, 0.6) is 0 Å². The number of aryl methyl sites for hydroxylation is 1. The quantitative estimate of drug-likeness (QED) is 0.474. The summed E-state index contributed by atoms with van der Waals surface area (Å²) in [6.07, 6.45) is -1.03. The Morgan fingerprint density at radius 2 is 1.65 bits per heavy atom. The van der Waals surface area contributed by atoms with Gasteiger partial charge in [-0.2, -0.15) is 0 Å². The second-order valence-electron chi connectivity index (χ2n) is 7.95. The summed E-state index contributed by atoms with van der Waals surface area (Å²) in [4.78, 5) is 25.1. The fourth-order valence-electron chi connectivity index (χ4n) is 3.43. The SMILES string of the molecule is Cc1cc(C(=O)OC(C)C(=O)NCc2ccc(F)cc2)c(C)n1Cc1ccc(S(N)(=O)=O)cc1. The Morgan fingerprint density at radius 1 is 1.06 bits per heavy atom. The Kier molecular flexibility index (Phi) is 7.53. The lowest BCUT2D eigenvalue weighted by molar-refractivity contribution is -0.129. The molecule has 0 radical (unpaired) electrons. The maximum Gasteiger partial charge on any atom is 0.340 e. The van der Waals surface area contributed by atoms with E-state index >= 15 is 0 Å². The predicted octanol–water partition coefficient (Wildman–Crippen LogP) is 2.80. The van der Waals surface area contributed by atoms with Crippen molar-refractivity contribution in [1.29, 1.82) is 0 Å². The lowest BCUT2D eigenvalue weighted by atomic mass is 10.2. The van der Waals surface area contributed by atoms with E-state index in [1.165, 1.54) is 31.2 Å². The third kappa shape index (κ3) is 6.09. The minimum atomic E-state index is -3.77. The zero-order chi connectivity index (χ0) is 25.0. The Balaban J connectivity index is 1.64. The van der Waals surface area contributed by atoms with Crippen LogP contribution in [0.1, 0.15) is 39.8 Å². The molecule has 180 valence electrons. The largest absolute Gasteiger partial charge is 0.449 e. The Morgan fingerprint density at radius 3 is 2.24 bits per heavy atom. The number of carbonyl (C=O) groups is 2. The van der Waals surface area contributed by atoms with Gasteiger partial charge in [-0.1, -0.05) is 24.3 Å². The number of esters is 1. The molecule has 1 aromatic heterocycles. The summed E-state index contributed by atoms with van der Waals surface area (Å²) < 4.78 is 43.1. The number of nitrogens with two attached hydrogens (primary N) is 1. The summed E-state index contributed by atoms with van der Waals surface area (Å²) in [5, 5.41) is 7.79. The molecule has 0 saturated carbocycles. The first kappa shape index (κ1) is 25.1. The van der Waals surface area contributed by atoms with Crippen LogP contribution >= 0.6 is 0 Å². The minimum absolute atomic E-state index is 0.0214. The number of hydrogen-bond donors (Lipinski definition) is 2. The summed E-state index contributed by atoms with van der Waals surface area (Å²) >= 11 is 0. The predicted molar refractivity (Wildman–Crippen MR) is 124 cm³/mol. The summed E-state index contributed by atoms with van der Waals surface area (Å²) in [6.45, 7) is 5.66. The molecule has 0 aliphatic rings. The van der Waals surface area contributed by atoms with Crippen molar-refractivity contribution < 1.29 is 27.1 Å². The molecule has 0 fully saturated rings. The van der Waals surface area contributed by atoms with Gasteiger partial charge in [0, 0.05) is 24.5 Å². The summed E-state index contributed by atoms with van der Waals surface area (Å²) in [7, 11) is -3.77. The number of halogens is 1. The molecular formula is C24H26FN3O5S. The third-order valence-electron chi connectivity index (χ3n) is 5.42. The molecule has 0 spiro atoms. The Bertz CT molecular complexity index is 1300. The molecule has 0 aliphatic carbocycles. The molecule has 10 heteroatoms. The summed E-state index contributed by atoms with van der Waals surface area (Å²) in [5.74, 6) is -1.47. The maximum atomic E-state index is 13.0. The third-order valence-corrected chi connectivity index (χ3v) is 6.35. The second-order valence-corrected chi connectivity index (χ2v) is 9.51. The Hall–Kier alpha value is -3.50. The second kappa shape index (κ2) is 10.2. The van der Waals surface area contributed by atoms with Crippen LogP contribution in [0.15, 0.2) is 59.5 Å². The standard InChI is InChI=1S/C24H26FN3O5S/c1-15-12-22(16(2)28(15)14-19-6-10-21(11-7-19)34(26,31)32)24(30)33-17(3)23(29)27-13-18-4-8-20(25)9-5-18/h4-12,17H,13-14H2,1-3H3,(H,27,29)(H2,26,31,32). The van der Waals surface area contributed by atoms with Gasteiger partial charge in [-0.05, 0) is 62.2 Å². The molecule has 2 aromatic carbocycles. The lowest BCUT2D eigenvalue weighted by Gasteiger charge is -2.14. The van der Waals surface area contributed by atoms with Crippen molar-refractivity contribution in [3.05, 3.63) is 88.5 Å². The molecule has 1 unspecified atom stereocenters. The summed E-state index contributed by atoms with van der Waals surface area (Å²) in [6, 6.07) is 13.6. The normalized spacial score (nSPS) is 12.3. The number of rotatable bonds is 8. The van der Waals surface area contributed by atoms with Crippen LogP contribution in [0.2, 0.25) is 0 Å². The van der Waals surface area contributed by atoms with E-state index in [1.54, 1.807) is 37.3 Å². The number of sulfonamides is 1. The summed E-state index contributed by atoms with van der Waals surface area (Å²) in [5.41, 5.74) is 3.32. The van der Waals surface area contributed by atoms with Crippen molar-refractivity contribution in [1.82, 2.24) is 9.88 Å². The molecule has 8 nitrogen and oxygen atoms in total. The molecule has 3 aromatic rings. The maximum absolute atomic E-state index is 13.0. The van der Waals surface area contributed by atoms with Gasteiger partial charge in [0.15, 0.2) is 6.10 Å². The van der Waals surface area contributed by atoms with E-state index in [-0.39, 0.29) is 17.3 Å². The topological polar surface area (TPSA) is 120 Å². The number of hydrogen-bond acceptors (Lipinski definition) is 5. The van der Waals surface area contributed by atoms with Crippen LogP contribution in [0.25, 0.3) is 0 Å². The van der Waals surface area contributed by atoms with E-state index < -0.39 is 28.0 Å². The van der Waals surface area contributed by atoms with Crippen LogP contribution in [-0.2, 0) is 32.6 Å². The fourth-order valence-corrected chi connectivity index (χ4v) is 3.95. The molecule has 3 rings (SSSR count). The lowest BCUT2D eigenvalue weighted by Crippen LogP contribution is -2.35. The molecule has 1 amide bonds. The van der Waals surface area contributed by atoms with Crippen molar-refractivity contribution >= 4 is 21.9 Å². The van der Waals surface area contributed by atoms with Gasteiger partial charge in [-0.3, -0.25) is 4.79 Å². The van der Waals surface area contributed by atoms with Crippen molar-refractivity contribution in [2.45, 2.75) is 44.9 Å². The first-order valence-corrected chi connectivity index (χ1v) is 12.0. The van der Waals surface area contributed by atoms with E-state index in [1.807, 2.05) is 11.5 Å². The number of amides is 1. The molecular weight excluding hydrogens is 461 g/mol. The van der Waals surface area contributed by atoms with Crippen molar-refractivity contribution in [2.24, 2.45) is 5.14 Å². The van der Waals surface area contributed by atoms with Crippen LogP contribution in [-0.4, -0.2) is 31.0 Å². The van der Waals surface area contributed by atoms with Crippen LogP contribution < -0.4 is 10.5 Å².